The number of nitrogens with one attached hydrogen (secondary N) is 1. The lowest BCUT2D eigenvalue weighted by Gasteiger charge is -2.32. The van der Waals surface area contributed by atoms with Crippen LogP contribution in [-0.2, 0) is 13.1 Å². The van der Waals surface area contributed by atoms with Crippen LogP contribution in [0.4, 0.5) is 0 Å². The number of fused-ring (bicyclic) bond motifs is 1. The van der Waals surface area contributed by atoms with Gasteiger partial charge in [-0.15, -0.1) is 0 Å². The molecule has 0 aromatic heterocycles. The molecule has 0 spiro atoms. The third-order valence-corrected chi connectivity index (χ3v) is 5.15. The number of hydrogen-bond acceptors (Lipinski definition) is 5. The zero-order chi connectivity index (χ0) is 17.8. The number of likely N-dealkylation sites (tertiary alicyclic amines) is 1. The highest BCUT2D eigenvalue weighted by Crippen LogP contribution is 2.41. The van der Waals surface area contributed by atoms with Gasteiger partial charge in [-0.3, -0.25) is 4.90 Å². The molecule has 2 aliphatic rings. The molecular formula is C21H26N2O3. The van der Waals surface area contributed by atoms with Crippen LogP contribution in [0.2, 0.25) is 0 Å². The summed E-state index contributed by atoms with van der Waals surface area (Å²) in [4.78, 5) is 2.54. The number of nitrogens with zero attached hydrogens (tertiary/aromatic N) is 1. The van der Waals surface area contributed by atoms with E-state index in [0.717, 1.165) is 43.2 Å². The molecule has 0 unspecified atom stereocenters. The molecule has 5 heteroatoms. The molecule has 2 heterocycles. The van der Waals surface area contributed by atoms with Gasteiger partial charge in [0.25, 0.3) is 0 Å². The van der Waals surface area contributed by atoms with E-state index in [1.54, 1.807) is 7.11 Å². The predicted octanol–water partition coefficient (Wildman–Crippen LogP) is 3.18. The molecule has 2 aromatic rings. The Labute approximate surface area is 154 Å². The Morgan fingerprint density at radius 1 is 1.08 bits per heavy atom. The maximum atomic E-state index is 5.51. The molecule has 0 atom stereocenters. The van der Waals surface area contributed by atoms with Gasteiger partial charge in [0.05, 0.1) is 7.11 Å². The van der Waals surface area contributed by atoms with Crippen LogP contribution in [0.3, 0.4) is 0 Å². The van der Waals surface area contributed by atoms with Gasteiger partial charge in [-0.05, 0) is 49.2 Å². The summed E-state index contributed by atoms with van der Waals surface area (Å²) in [6, 6.07) is 15.3. The van der Waals surface area contributed by atoms with Crippen LogP contribution in [0.15, 0.2) is 42.5 Å². The van der Waals surface area contributed by atoms with Crippen molar-refractivity contribution in [3.05, 3.63) is 53.6 Å². The lowest BCUT2D eigenvalue weighted by Crippen LogP contribution is -2.41. The second-order valence-corrected chi connectivity index (χ2v) is 6.95. The van der Waals surface area contributed by atoms with Crippen LogP contribution in [0.1, 0.15) is 24.0 Å². The predicted molar refractivity (Wildman–Crippen MR) is 101 cm³/mol. The second kappa shape index (κ2) is 7.98. The first kappa shape index (κ1) is 17.2. The molecule has 26 heavy (non-hydrogen) atoms. The molecule has 1 N–H and O–H groups in total. The molecular weight excluding hydrogens is 328 g/mol. The SMILES string of the molecule is COc1cc(CNC2CCN(Cc3ccccc3)CC2)cc2c1OCO2. The highest BCUT2D eigenvalue weighted by atomic mass is 16.7. The number of ether oxygens (including phenoxy) is 3. The van der Waals surface area contributed by atoms with Gasteiger partial charge in [-0.25, -0.2) is 0 Å². The van der Waals surface area contributed by atoms with Crippen molar-refractivity contribution >= 4 is 0 Å². The average Bonchev–Trinajstić information content (AvgIpc) is 3.16. The fraction of sp³-hybridized carbons (Fsp3) is 0.429. The molecule has 0 aliphatic carbocycles. The zero-order valence-electron chi connectivity index (χ0n) is 15.2. The summed E-state index contributed by atoms with van der Waals surface area (Å²) in [5.41, 5.74) is 2.56. The zero-order valence-corrected chi connectivity index (χ0v) is 15.2. The second-order valence-electron chi connectivity index (χ2n) is 6.95. The monoisotopic (exact) mass is 354 g/mol. The molecule has 0 radical (unpaired) electrons. The molecule has 138 valence electrons. The smallest absolute Gasteiger partial charge is 0.231 e. The summed E-state index contributed by atoms with van der Waals surface area (Å²) >= 11 is 0. The van der Waals surface area contributed by atoms with E-state index < -0.39 is 0 Å². The standard InChI is InChI=1S/C21H26N2O3/c1-24-19-11-17(12-20-21(19)26-15-25-20)13-22-18-7-9-23(10-8-18)14-16-5-3-2-4-6-16/h2-6,11-12,18,22H,7-10,13-15H2,1H3. The van der Waals surface area contributed by atoms with Crippen LogP contribution in [0.5, 0.6) is 17.2 Å². The van der Waals surface area contributed by atoms with Crippen LogP contribution in [0, 0.1) is 0 Å². The van der Waals surface area contributed by atoms with E-state index in [9.17, 15) is 0 Å². The van der Waals surface area contributed by atoms with E-state index in [4.69, 9.17) is 14.2 Å². The van der Waals surface area contributed by atoms with Crippen molar-refractivity contribution in [1.82, 2.24) is 10.2 Å². The van der Waals surface area contributed by atoms with E-state index in [0.29, 0.717) is 11.8 Å². The van der Waals surface area contributed by atoms with Crippen LogP contribution in [0.25, 0.3) is 0 Å². The summed E-state index contributed by atoms with van der Waals surface area (Å²) in [5.74, 6) is 2.23. The van der Waals surface area contributed by atoms with Gasteiger partial charge in [-0.2, -0.15) is 0 Å². The third-order valence-electron chi connectivity index (χ3n) is 5.15. The van der Waals surface area contributed by atoms with Gasteiger partial charge in [-0.1, -0.05) is 30.3 Å². The Morgan fingerprint density at radius 2 is 1.88 bits per heavy atom. The first-order valence-corrected chi connectivity index (χ1v) is 9.28. The number of hydrogen-bond donors (Lipinski definition) is 1. The minimum atomic E-state index is 0.266. The van der Waals surface area contributed by atoms with E-state index in [-0.39, 0.29) is 6.79 Å². The minimum Gasteiger partial charge on any atom is -0.493 e. The Hall–Kier alpha value is -2.24. The molecule has 0 amide bonds. The van der Waals surface area contributed by atoms with Crippen LogP contribution in [-0.4, -0.2) is 37.9 Å². The van der Waals surface area contributed by atoms with Gasteiger partial charge < -0.3 is 19.5 Å². The lowest BCUT2D eigenvalue weighted by molar-refractivity contribution is 0.171. The van der Waals surface area contributed by atoms with Crippen molar-refractivity contribution in [1.29, 1.82) is 0 Å². The molecule has 0 bridgehead atoms. The highest BCUT2D eigenvalue weighted by molar-refractivity contribution is 5.55. The topological polar surface area (TPSA) is 43.0 Å². The normalized spacial score (nSPS) is 17.4. The summed E-state index contributed by atoms with van der Waals surface area (Å²) in [7, 11) is 1.66. The maximum Gasteiger partial charge on any atom is 0.231 e. The number of benzene rings is 2. The third kappa shape index (κ3) is 3.94. The van der Waals surface area contributed by atoms with Gasteiger partial charge in [0.15, 0.2) is 11.5 Å². The van der Waals surface area contributed by atoms with Crippen molar-refractivity contribution in [3.63, 3.8) is 0 Å². The van der Waals surface area contributed by atoms with Crippen LogP contribution < -0.4 is 19.5 Å². The van der Waals surface area contributed by atoms with Crippen molar-refractivity contribution in [2.45, 2.75) is 32.0 Å². The van der Waals surface area contributed by atoms with Crippen LogP contribution >= 0.6 is 0 Å². The van der Waals surface area contributed by atoms with Gasteiger partial charge in [0, 0.05) is 19.1 Å². The van der Waals surface area contributed by atoms with Crippen molar-refractivity contribution in [2.75, 3.05) is 27.0 Å². The van der Waals surface area contributed by atoms with Gasteiger partial charge >= 0.3 is 0 Å². The summed E-state index contributed by atoms with van der Waals surface area (Å²) in [5, 5.41) is 3.69. The Kier molecular flexibility index (Phi) is 5.27. The molecule has 5 nitrogen and oxygen atoms in total. The Morgan fingerprint density at radius 3 is 2.65 bits per heavy atom. The fourth-order valence-electron chi connectivity index (χ4n) is 3.68. The molecule has 1 saturated heterocycles. The summed E-state index contributed by atoms with van der Waals surface area (Å²) in [6.07, 6.45) is 2.35. The molecule has 4 rings (SSSR count). The summed E-state index contributed by atoms with van der Waals surface area (Å²) < 4.78 is 16.4. The van der Waals surface area contributed by atoms with Gasteiger partial charge in [0.1, 0.15) is 0 Å². The van der Waals surface area contributed by atoms with Crippen molar-refractivity contribution in [3.8, 4) is 17.2 Å². The quantitative estimate of drug-likeness (QED) is 0.863. The molecule has 0 saturated carbocycles. The van der Waals surface area contributed by atoms with E-state index in [2.05, 4.69) is 40.5 Å². The first-order chi connectivity index (χ1) is 12.8. The average molecular weight is 354 g/mol. The van der Waals surface area contributed by atoms with Crippen molar-refractivity contribution in [2.24, 2.45) is 0 Å². The number of methoxy groups -OCH3 is 1. The van der Waals surface area contributed by atoms with Gasteiger partial charge in [0.2, 0.25) is 12.5 Å². The lowest BCUT2D eigenvalue weighted by atomic mass is 10.0. The Balaban J connectivity index is 1.28. The largest absolute Gasteiger partial charge is 0.493 e. The summed E-state index contributed by atoms with van der Waals surface area (Å²) in [6.45, 7) is 4.40. The minimum absolute atomic E-state index is 0.266. The molecule has 1 fully saturated rings. The van der Waals surface area contributed by atoms with Crippen molar-refractivity contribution < 1.29 is 14.2 Å². The number of piperidine rings is 1. The number of rotatable bonds is 6. The first-order valence-electron chi connectivity index (χ1n) is 9.28. The van der Waals surface area contributed by atoms with E-state index in [1.807, 2.05) is 12.1 Å². The molecule has 2 aromatic carbocycles. The highest BCUT2D eigenvalue weighted by Gasteiger charge is 2.22. The molecule has 2 aliphatic heterocycles. The van der Waals surface area contributed by atoms with E-state index in [1.165, 1.54) is 18.4 Å². The Bertz CT molecular complexity index is 728. The maximum absolute atomic E-state index is 5.51. The van der Waals surface area contributed by atoms with E-state index >= 15 is 0 Å². The fourth-order valence-corrected chi connectivity index (χ4v) is 3.68.